The standard InChI is InChI=1S/C18H14N4O6/c1-28-16-6-5-14(22(26)27)8-15(16)20-10-12(9-19)17(23)21-13-4-2-3-11(7-13)18(24)25/h2-8,10,20H,1H3,(H,21,23)(H,24,25)/b12-10-. The summed E-state index contributed by atoms with van der Waals surface area (Å²) in [5.74, 6) is -1.68. The first kappa shape index (κ1) is 19.9. The van der Waals surface area contributed by atoms with E-state index >= 15 is 0 Å². The number of methoxy groups -OCH3 is 1. The average Bonchev–Trinajstić information content (AvgIpc) is 2.68. The molecule has 0 aliphatic carbocycles. The SMILES string of the molecule is COc1ccc([N+](=O)[O-])cc1N/C=C(/C#N)C(=O)Nc1cccc(C(=O)O)c1. The first-order valence-electron chi connectivity index (χ1n) is 7.69. The van der Waals surface area contributed by atoms with Crippen LogP contribution in [0.4, 0.5) is 17.1 Å². The van der Waals surface area contributed by atoms with Gasteiger partial charge in [0.05, 0.1) is 23.3 Å². The van der Waals surface area contributed by atoms with Crippen LogP contribution in [0.2, 0.25) is 0 Å². The number of anilines is 2. The molecule has 0 spiro atoms. The van der Waals surface area contributed by atoms with E-state index in [9.17, 15) is 25.0 Å². The number of hydrogen-bond donors (Lipinski definition) is 3. The number of amides is 1. The van der Waals surface area contributed by atoms with E-state index in [0.29, 0.717) is 0 Å². The van der Waals surface area contributed by atoms with Gasteiger partial charge in [0.15, 0.2) is 0 Å². The number of carboxylic acid groups (broad SMARTS) is 1. The van der Waals surface area contributed by atoms with Crippen LogP contribution in [0, 0.1) is 21.4 Å². The summed E-state index contributed by atoms with van der Waals surface area (Å²) < 4.78 is 5.08. The molecule has 0 fully saturated rings. The molecule has 0 saturated carbocycles. The molecule has 0 atom stereocenters. The van der Waals surface area contributed by atoms with Crippen molar-refractivity contribution in [1.82, 2.24) is 0 Å². The van der Waals surface area contributed by atoms with Gasteiger partial charge in [-0.05, 0) is 24.3 Å². The summed E-state index contributed by atoms with van der Waals surface area (Å²) in [6.07, 6.45) is 1.07. The maximum Gasteiger partial charge on any atom is 0.335 e. The summed E-state index contributed by atoms with van der Waals surface area (Å²) in [4.78, 5) is 33.5. The molecule has 0 bridgehead atoms. The normalized spacial score (nSPS) is 10.5. The molecule has 2 aromatic carbocycles. The van der Waals surface area contributed by atoms with Gasteiger partial charge in [0.25, 0.3) is 11.6 Å². The number of benzene rings is 2. The second-order valence-electron chi connectivity index (χ2n) is 5.30. The van der Waals surface area contributed by atoms with E-state index in [2.05, 4.69) is 10.6 Å². The molecule has 28 heavy (non-hydrogen) atoms. The van der Waals surface area contributed by atoms with Crippen molar-refractivity contribution in [3.05, 3.63) is 69.9 Å². The van der Waals surface area contributed by atoms with Gasteiger partial charge in [-0.2, -0.15) is 5.26 Å². The fraction of sp³-hybridized carbons (Fsp3) is 0.0556. The van der Waals surface area contributed by atoms with Crippen LogP contribution in [0.3, 0.4) is 0 Å². The Labute approximate surface area is 158 Å². The first-order chi connectivity index (χ1) is 13.3. The first-order valence-corrected chi connectivity index (χ1v) is 7.69. The predicted octanol–water partition coefficient (Wildman–Crippen LogP) is 2.76. The average molecular weight is 382 g/mol. The maximum absolute atomic E-state index is 12.2. The largest absolute Gasteiger partial charge is 0.495 e. The number of nitro benzene ring substituents is 1. The Morgan fingerprint density at radius 2 is 2.04 bits per heavy atom. The van der Waals surface area contributed by atoms with Crippen molar-refractivity contribution in [2.45, 2.75) is 0 Å². The van der Waals surface area contributed by atoms with Crippen molar-refractivity contribution in [2.75, 3.05) is 17.7 Å². The molecule has 0 unspecified atom stereocenters. The molecule has 0 radical (unpaired) electrons. The molecule has 3 N–H and O–H groups in total. The van der Waals surface area contributed by atoms with Gasteiger partial charge in [-0.3, -0.25) is 14.9 Å². The lowest BCUT2D eigenvalue weighted by Gasteiger charge is -2.09. The number of nitrogens with one attached hydrogen (secondary N) is 2. The second-order valence-corrected chi connectivity index (χ2v) is 5.30. The van der Waals surface area contributed by atoms with Crippen LogP contribution < -0.4 is 15.4 Å². The Kier molecular flexibility index (Phi) is 6.27. The Morgan fingerprint density at radius 3 is 2.64 bits per heavy atom. The molecule has 10 heteroatoms. The van der Waals surface area contributed by atoms with E-state index in [-0.39, 0.29) is 33.9 Å². The summed E-state index contributed by atoms with van der Waals surface area (Å²) >= 11 is 0. The van der Waals surface area contributed by atoms with E-state index in [4.69, 9.17) is 9.84 Å². The Bertz CT molecular complexity index is 1010. The highest BCUT2D eigenvalue weighted by atomic mass is 16.6. The highest BCUT2D eigenvalue weighted by molar-refractivity contribution is 6.07. The molecule has 0 saturated heterocycles. The van der Waals surface area contributed by atoms with Gasteiger partial charge in [0, 0.05) is 24.0 Å². The topological polar surface area (TPSA) is 155 Å². The van der Waals surface area contributed by atoms with E-state index in [1.807, 2.05) is 0 Å². The third-order valence-electron chi connectivity index (χ3n) is 3.50. The van der Waals surface area contributed by atoms with Crippen molar-refractivity contribution >= 4 is 28.9 Å². The summed E-state index contributed by atoms with van der Waals surface area (Å²) in [6, 6.07) is 11.0. The molecule has 2 rings (SSSR count). The number of carbonyl (C=O) groups is 2. The quantitative estimate of drug-likeness (QED) is 0.286. The van der Waals surface area contributed by atoms with Crippen molar-refractivity contribution in [3.63, 3.8) is 0 Å². The van der Waals surface area contributed by atoms with Crippen LogP contribution in [-0.4, -0.2) is 29.0 Å². The smallest absolute Gasteiger partial charge is 0.335 e. The number of rotatable bonds is 7. The molecule has 0 aliphatic rings. The number of non-ortho nitro benzene ring substituents is 1. The highest BCUT2D eigenvalue weighted by Crippen LogP contribution is 2.29. The minimum Gasteiger partial charge on any atom is -0.495 e. The molecular formula is C18H14N4O6. The number of carbonyl (C=O) groups excluding carboxylic acids is 1. The molecule has 2 aromatic rings. The Morgan fingerprint density at radius 1 is 1.29 bits per heavy atom. The van der Waals surface area contributed by atoms with Crippen molar-refractivity contribution in [1.29, 1.82) is 5.26 Å². The molecule has 1 amide bonds. The van der Waals surface area contributed by atoms with Crippen molar-refractivity contribution in [3.8, 4) is 11.8 Å². The van der Waals surface area contributed by atoms with Gasteiger partial charge < -0.3 is 20.5 Å². The highest BCUT2D eigenvalue weighted by Gasteiger charge is 2.13. The molecule has 0 heterocycles. The van der Waals surface area contributed by atoms with E-state index in [0.717, 1.165) is 6.20 Å². The summed E-state index contributed by atoms with van der Waals surface area (Å²) in [5.41, 5.74) is -0.191. The number of hydrogen-bond acceptors (Lipinski definition) is 7. The molecule has 142 valence electrons. The number of nitriles is 1. The lowest BCUT2D eigenvalue weighted by molar-refractivity contribution is -0.384. The van der Waals surface area contributed by atoms with Gasteiger partial charge in [-0.15, -0.1) is 0 Å². The van der Waals surface area contributed by atoms with Crippen LogP contribution in [0.15, 0.2) is 54.2 Å². The van der Waals surface area contributed by atoms with Gasteiger partial charge in [0.2, 0.25) is 0 Å². The third kappa shape index (κ3) is 4.83. The molecule has 0 aromatic heterocycles. The fourth-order valence-electron chi connectivity index (χ4n) is 2.15. The number of nitrogens with zero attached hydrogens (tertiary/aromatic N) is 2. The Hall–Kier alpha value is -4.39. The lowest BCUT2D eigenvalue weighted by Crippen LogP contribution is -2.15. The molecular weight excluding hydrogens is 368 g/mol. The number of aromatic carboxylic acids is 1. The summed E-state index contributed by atoms with van der Waals surface area (Å²) in [7, 11) is 1.36. The van der Waals surface area contributed by atoms with E-state index in [1.54, 1.807) is 6.07 Å². The van der Waals surface area contributed by atoms with Crippen molar-refractivity contribution < 1.29 is 24.4 Å². The third-order valence-corrected chi connectivity index (χ3v) is 3.50. The van der Waals surface area contributed by atoms with Gasteiger partial charge >= 0.3 is 5.97 Å². The summed E-state index contributed by atoms with van der Waals surface area (Å²) in [5, 5.41) is 34.1. The monoisotopic (exact) mass is 382 g/mol. The van der Waals surface area contributed by atoms with Crippen LogP contribution in [0.5, 0.6) is 5.75 Å². The lowest BCUT2D eigenvalue weighted by atomic mass is 10.2. The van der Waals surface area contributed by atoms with Gasteiger partial charge in [0.1, 0.15) is 17.4 Å². The van der Waals surface area contributed by atoms with E-state index < -0.39 is 16.8 Å². The number of ether oxygens (including phenoxy) is 1. The minimum atomic E-state index is -1.16. The van der Waals surface area contributed by atoms with Crippen LogP contribution in [0.25, 0.3) is 0 Å². The zero-order valence-corrected chi connectivity index (χ0v) is 14.5. The summed E-state index contributed by atoms with van der Waals surface area (Å²) in [6.45, 7) is 0. The van der Waals surface area contributed by atoms with Gasteiger partial charge in [-0.25, -0.2) is 4.79 Å². The molecule has 10 nitrogen and oxygen atoms in total. The predicted molar refractivity (Wildman–Crippen MR) is 99.0 cm³/mol. The number of nitro groups is 1. The van der Waals surface area contributed by atoms with Gasteiger partial charge in [-0.1, -0.05) is 6.07 Å². The van der Waals surface area contributed by atoms with Crippen LogP contribution in [-0.2, 0) is 4.79 Å². The Balaban J connectivity index is 2.22. The second kappa shape index (κ2) is 8.81. The fourth-order valence-corrected chi connectivity index (χ4v) is 2.15. The maximum atomic E-state index is 12.2. The van der Waals surface area contributed by atoms with Crippen LogP contribution in [0.1, 0.15) is 10.4 Å². The zero-order valence-electron chi connectivity index (χ0n) is 14.5. The number of carboxylic acids is 1. The minimum absolute atomic E-state index is 0.0280. The zero-order chi connectivity index (χ0) is 20.7. The van der Waals surface area contributed by atoms with E-state index in [1.165, 1.54) is 49.6 Å². The van der Waals surface area contributed by atoms with Crippen molar-refractivity contribution in [2.24, 2.45) is 0 Å². The molecule has 0 aliphatic heterocycles. The van der Waals surface area contributed by atoms with Crippen LogP contribution >= 0.6 is 0 Å².